The molecule has 2 rings (SSSR count). The van der Waals surface area contributed by atoms with Gasteiger partial charge in [-0.25, -0.2) is 0 Å². The molecule has 82 valence electrons. The zero-order chi connectivity index (χ0) is 10.8. The van der Waals surface area contributed by atoms with Gasteiger partial charge in [0.1, 0.15) is 0 Å². The minimum absolute atomic E-state index is 0.422. The molecule has 0 aromatic heterocycles. The Morgan fingerprint density at radius 1 is 1.27 bits per heavy atom. The first kappa shape index (κ1) is 11.2. The quantitative estimate of drug-likeness (QED) is 0.874. The van der Waals surface area contributed by atoms with Crippen LogP contribution in [0.3, 0.4) is 0 Å². The van der Waals surface area contributed by atoms with Gasteiger partial charge in [-0.15, -0.1) is 0 Å². The second-order valence-corrected chi connectivity index (χ2v) is 5.61. The van der Waals surface area contributed by atoms with Gasteiger partial charge in [0.05, 0.1) is 0 Å². The molecule has 0 bridgehead atoms. The summed E-state index contributed by atoms with van der Waals surface area (Å²) in [6.45, 7) is 2.29. The number of hydrogen-bond acceptors (Lipinski definition) is 1. The summed E-state index contributed by atoms with van der Waals surface area (Å²) < 4.78 is 1.16. The minimum Gasteiger partial charge on any atom is -0.327 e. The van der Waals surface area contributed by atoms with E-state index in [1.165, 1.54) is 24.8 Å². The Hall–Kier alpha value is -0.340. The molecule has 1 nitrogen and oxygen atoms in total. The molecular formula is C13H18BrN. The predicted molar refractivity (Wildman–Crippen MR) is 67.7 cm³/mol. The van der Waals surface area contributed by atoms with Gasteiger partial charge in [-0.05, 0) is 48.8 Å². The second kappa shape index (κ2) is 4.67. The summed E-state index contributed by atoms with van der Waals surface area (Å²) in [7, 11) is 0. The average Bonchev–Trinajstić information content (AvgIpc) is 2.53. The monoisotopic (exact) mass is 267 g/mol. The van der Waals surface area contributed by atoms with Crippen LogP contribution in [0.4, 0.5) is 0 Å². The highest BCUT2D eigenvalue weighted by molar-refractivity contribution is 9.10. The van der Waals surface area contributed by atoms with Gasteiger partial charge in [-0.3, -0.25) is 0 Å². The molecule has 1 aliphatic carbocycles. The first-order chi connectivity index (χ1) is 7.16. The topological polar surface area (TPSA) is 26.0 Å². The standard InChI is InChI=1S/C13H18BrN/c1-9-11(4-7-13(9)15)8-10-2-5-12(14)6-3-10/h2-3,5-6,9,11,13H,4,7-8,15H2,1H3. The van der Waals surface area contributed by atoms with Crippen molar-refractivity contribution in [2.75, 3.05) is 0 Å². The van der Waals surface area contributed by atoms with E-state index in [-0.39, 0.29) is 0 Å². The van der Waals surface area contributed by atoms with Crippen molar-refractivity contribution in [2.24, 2.45) is 17.6 Å². The van der Waals surface area contributed by atoms with Gasteiger partial charge in [0.2, 0.25) is 0 Å². The van der Waals surface area contributed by atoms with E-state index < -0.39 is 0 Å². The largest absolute Gasteiger partial charge is 0.327 e. The zero-order valence-corrected chi connectivity index (χ0v) is 10.7. The number of nitrogens with two attached hydrogens (primary N) is 1. The molecule has 1 fully saturated rings. The Labute approximate surface area is 100 Å². The lowest BCUT2D eigenvalue weighted by atomic mass is 9.90. The van der Waals surface area contributed by atoms with E-state index in [1.54, 1.807) is 0 Å². The van der Waals surface area contributed by atoms with Gasteiger partial charge < -0.3 is 5.73 Å². The summed E-state index contributed by atoms with van der Waals surface area (Å²) in [5.41, 5.74) is 7.47. The highest BCUT2D eigenvalue weighted by Crippen LogP contribution is 2.33. The van der Waals surface area contributed by atoms with Crippen molar-refractivity contribution in [3.63, 3.8) is 0 Å². The van der Waals surface area contributed by atoms with Crippen molar-refractivity contribution in [2.45, 2.75) is 32.2 Å². The second-order valence-electron chi connectivity index (χ2n) is 4.69. The molecule has 2 heteroatoms. The van der Waals surface area contributed by atoms with Gasteiger partial charge >= 0.3 is 0 Å². The Bertz CT molecular complexity index is 320. The third-order valence-corrected chi connectivity index (χ3v) is 4.23. The highest BCUT2D eigenvalue weighted by Gasteiger charge is 2.29. The summed E-state index contributed by atoms with van der Waals surface area (Å²) in [6.07, 6.45) is 3.67. The SMILES string of the molecule is CC1C(N)CCC1Cc1ccc(Br)cc1. The normalized spacial score (nSPS) is 30.7. The number of benzene rings is 1. The van der Waals surface area contributed by atoms with E-state index in [4.69, 9.17) is 5.73 Å². The van der Waals surface area contributed by atoms with Crippen molar-refractivity contribution >= 4 is 15.9 Å². The minimum atomic E-state index is 0.422. The number of hydrogen-bond donors (Lipinski definition) is 1. The summed E-state index contributed by atoms with van der Waals surface area (Å²) in [5, 5.41) is 0. The van der Waals surface area contributed by atoms with Crippen LogP contribution < -0.4 is 5.73 Å². The molecule has 0 saturated heterocycles. The van der Waals surface area contributed by atoms with E-state index in [1.807, 2.05) is 0 Å². The fourth-order valence-electron chi connectivity index (χ4n) is 2.49. The maximum atomic E-state index is 6.04. The molecule has 3 unspecified atom stereocenters. The first-order valence-corrected chi connectivity index (χ1v) is 6.46. The van der Waals surface area contributed by atoms with Crippen LogP contribution in [0.15, 0.2) is 28.7 Å². The van der Waals surface area contributed by atoms with Crippen molar-refractivity contribution < 1.29 is 0 Å². The van der Waals surface area contributed by atoms with Crippen LogP contribution >= 0.6 is 15.9 Å². The van der Waals surface area contributed by atoms with Gasteiger partial charge in [0.25, 0.3) is 0 Å². The highest BCUT2D eigenvalue weighted by atomic mass is 79.9. The number of halogens is 1. The summed E-state index contributed by atoms with van der Waals surface area (Å²) in [4.78, 5) is 0. The first-order valence-electron chi connectivity index (χ1n) is 5.67. The van der Waals surface area contributed by atoms with Crippen LogP contribution in [0.1, 0.15) is 25.3 Å². The lowest BCUT2D eigenvalue weighted by Gasteiger charge is -2.17. The lowest BCUT2D eigenvalue weighted by molar-refractivity contribution is 0.390. The van der Waals surface area contributed by atoms with E-state index in [0.717, 1.165) is 10.4 Å². The molecule has 1 aliphatic rings. The molecule has 1 aromatic carbocycles. The van der Waals surface area contributed by atoms with Crippen LogP contribution in [0, 0.1) is 11.8 Å². The maximum absolute atomic E-state index is 6.04. The van der Waals surface area contributed by atoms with Crippen LogP contribution in [0.2, 0.25) is 0 Å². The molecule has 0 aliphatic heterocycles. The molecule has 1 aromatic rings. The van der Waals surface area contributed by atoms with Crippen molar-refractivity contribution in [1.82, 2.24) is 0 Å². The molecule has 2 N–H and O–H groups in total. The van der Waals surface area contributed by atoms with Crippen molar-refractivity contribution in [3.05, 3.63) is 34.3 Å². The zero-order valence-electron chi connectivity index (χ0n) is 9.12. The fraction of sp³-hybridized carbons (Fsp3) is 0.538. The smallest absolute Gasteiger partial charge is 0.0175 e. The molecule has 0 radical (unpaired) electrons. The van der Waals surface area contributed by atoms with Gasteiger partial charge in [0.15, 0.2) is 0 Å². The summed E-state index contributed by atoms with van der Waals surface area (Å²) in [5.74, 6) is 1.45. The van der Waals surface area contributed by atoms with Crippen LogP contribution in [-0.4, -0.2) is 6.04 Å². The molecule has 0 heterocycles. The maximum Gasteiger partial charge on any atom is 0.0175 e. The van der Waals surface area contributed by atoms with Crippen LogP contribution in [0.25, 0.3) is 0 Å². The number of rotatable bonds is 2. The molecule has 0 spiro atoms. The lowest BCUT2D eigenvalue weighted by Crippen LogP contribution is -2.25. The van der Waals surface area contributed by atoms with E-state index in [2.05, 4.69) is 47.1 Å². The summed E-state index contributed by atoms with van der Waals surface area (Å²) in [6, 6.07) is 9.08. The molecule has 3 atom stereocenters. The Kier molecular flexibility index (Phi) is 3.47. The third kappa shape index (κ3) is 2.61. The molecular weight excluding hydrogens is 250 g/mol. The molecule has 15 heavy (non-hydrogen) atoms. The van der Waals surface area contributed by atoms with Gasteiger partial charge in [-0.1, -0.05) is 35.0 Å². The van der Waals surface area contributed by atoms with E-state index in [9.17, 15) is 0 Å². The Balaban J connectivity index is 2.00. The van der Waals surface area contributed by atoms with Crippen LogP contribution in [-0.2, 0) is 6.42 Å². The molecule has 0 amide bonds. The Morgan fingerprint density at radius 3 is 2.47 bits per heavy atom. The average molecular weight is 268 g/mol. The predicted octanol–water partition coefficient (Wildman–Crippen LogP) is 3.37. The van der Waals surface area contributed by atoms with Crippen molar-refractivity contribution in [1.29, 1.82) is 0 Å². The van der Waals surface area contributed by atoms with E-state index >= 15 is 0 Å². The molecule has 1 saturated carbocycles. The van der Waals surface area contributed by atoms with E-state index in [0.29, 0.717) is 12.0 Å². The van der Waals surface area contributed by atoms with Crippen LogP contribution in [0.5, 0.6) is 0 Å². The third-order valence-electron chi connectivity index (χ3n) is 3.70. The fourth-order valence-corrected chi connectivity index (χ4v) is 2.76. The van der Waals surface area contributed by atoms with Gasteiger partial charge in [0, 0.05) is 10.5 Å². The van der Waals surface area contributed by atoms with Gasteiger partial charge in [-0.2, -0.15) is 0 Å². The van der Waals surface area contributed by atoms with Crippen molar-refractivity contribution in [3.8, 4) is 0 Å². The Morgan fingerprint density at radius 2 is 1.93 bits per heavy atom. The summed E-state index contributed by atoms with van der Waals surface area (Å²) >= 11 is 3.46.